The van der Waals surface area contributed by atoms with Gasteiger partial charge in [-0.25, -0.2) is 0 Å². The van der Waals surface area contributed by atoms with Crippen LogP contribution in [0.15, 0.2) is 53.9 Å². The predicted molar refractivity (Wildman–Crippen MR) is 119 cm³/mol. The molecule has 146 valence electrons. The van der Waals surface area contributed by atoms with Crippen LogP contribution in [-0.2, 0) is 4.79 Å². The van der Waals surface area contributed by atoms with Crippen LogP contribution in [0.1, 0.15) is 45.7 Å². The number of carbonyl (C=O) groups is 1. The fourth-order valence-corrected chi connectivity index (χ4v) is 4.30. The molecular weight excluding hydrogens is 364 g/mol. The normalized spacial score (nSPS) is 13.2. The number of hydrogen-bond acceptors (Lipinski definition) is 3. The minimum atomic E-state index is -0.339. The van der Waals surface area contributed by atoms with Gasteiger partial charge in [0.2, 0.25) is 5.91 Å². The number of rotatable bonds is 6. The molecule has 0 fully saturated rings. The van der Waals surface area contributed by atoms with Crippen LogP contribution in [0.2, 0.25) is 0 Å². The number of nitrogens with one attached hydrogen (secondary N) is 2. The van der Waals surface area contributed by atoms with Crippen molar-refractivity contribution in [3.8, 4) is 0 Å². The van der Waals surface area contributed by atoms with Gasteiger partial charge in [-0.1, -0.05) is 53.6 Å². The van der Waals surface area contributed by atoms with Gasteiger partial charge in [-0.05, 0) is 62.8 Å². The summed E-state index contributed by atoms with van der Waals surface area (Å²) in [5.74, 6) is -0.0243. The summed E-state index contributed by atoms with van der Waals surface area (Å²) < 4.78 is 0. The highest BCUT2D eigenvalue weighted by atomic mass is 32.1. The van der Waals surface area contributed by atoms with Gasteiger partial charge in [-0.15, -0.1) is 11.3 Å². The van der Waals surface area contributed by atoms with E-state index in [9.17, 15) is 4.79 Å². The molecular formula is C24H28N2OS. The minimum Gasteiger partial charge on any atom is -0.324 e. The van der Waals surface area contributed by atoms with Gasteiger partial charge in [0.25, 0.3) is 0 Å². The van der Waals surface area contributed by atoms with E-state index in [1.165, 1.54) is 16.0 Å². The van der Waals surface area contributed by atoms with Crippen molar-refractivity contribution >= 4 is 22.9 Å². The number of hydrogen-bond donors (Lipinski definition) is 2. The third kappa shape index (κ3) is 4.70. The summed E-state index contributed by atoms with van der Waals surface area (Å²) in [6, 6.07) is 16.5. The zero-order valence-corrected chi connectivity index (χ0v) is 18.0. The summed E-state index contributed by atoms with van der Waals surface area (Å²) in [7, 11) is 0. The van der Waals surface area contributed by atoms with Gasteiger partial charge in [-0.2, -0.15) is 0 Å². The Morgan fingerprint density at radius 2 is 1.57 bits per heavy atom. The third-order valence-corrected chi connectivity index (χ3v) is 5.91. The van der Waals surface area contributed by atoms with E-state index in [1.54, 1.807) is 11.3 Å². The lowest BCUT2D eigenvalue weighted by Gasteiger charge is -2.23. The summed E-state index contributed by atoms with van der Waals surface area (Å²) in [5, 5.41) is 8.71. The molecule has 0 aliphatic heterocycles. The Balaban J connectivity index is 1.79. The molecule has 1 heterocycles. The lowest BCUT2D eigenvalue weighted by molar-refractivity contribution is -0.117. The minimum absolute atomic E-state index is 0.0124. The van der Waals surface area contributed by atoms with Crippen molar-refractivity contribution in [2.45, 2.75) is 46.7 Å². The molecule has 1 aromatic heterocycles. The number of benzene rings is 2. The highest BCUT2D eigenvalue weighted by Gasteiger charge is 2.22. The van der Waals surface area contributed by atoms with Crippen LogP contribution in [0.3, 0.4) is 0 Å². The average molecular weight is 393 g/mol. The molecule has 0 saturated heterocycles. The molecule has 0 bridgehead atoms. The number of carbonyl (C=O) groups excluding carboxylic acids is 1. The van der Waals surface area contributed by atoms with E-state index >= 15 is 0 Å². The molecule has 0 unspecified atom stereocenters. The standard InChI is InChI=1S/C24H28N2OS/c1-15-8-10-20(11-9-15)23(21-7-6-12-28-21)25-19(5)24(27)26-22-17(3)13-16(2)14-18(22)4/h6-14,19,23,25H,1-5H3,(H,26,27)/t19-,23+/m0/s1. The molecule has 3 rings (SSSR count). The summed E-state index contributed by atoms with van der Waals surface area (Å²) in [6.45, 7) is 10.1. The van der Waals surface area contributed by atoms with E-state index in [-0.39, 0.29) is 18.0 Å². The fraction of sp³-hybridized carbons (Fsp3) is 0.292. The second-order valence-electron chi connectivity index (χ2n) is 7.51. The van der Waals surface area contributed by atoms with Crippen molar-refractivity contribution in [1.82, 2.24) is 5.32 Å². The van der Waals surface area contributed by atoms with Crippen LogP contribution in [0, 0.1) is 27.7 Å². The number of aryl methyl sites for hydroxylation is 4. The zero-order valence-electron chi connectivity index (χ0n) is 17.2. The van der Waals surface area contributed by atoms with Gasteiger partial charge in [0.05, 0.1) is 12.1 Å². The SMILES string of the molecule is Cc1ccc([C@@H](N[C@@H](C)C(=O)Nc2c(C)cc(C)cc2C)c2cccs2)cc1. The van der Waals surface area contributed by atoms with Gasteiger partial charge < -0.3 is 5.32 Å². The van der Waals surface area contributed by atoms with Gasteiger partial charge in [0, 0.05) is 10.6 Å². The monoisotopic (exact) mass is 392 g/mol. The van der Waals surface area contributed by atoms with E-state index in [2.05, 4.69) is 72.3 Å². The molecule has 28 heavy (non-hydrogen) atoms. The van der Waals surface area contributed by atoms with Crippen LogP contribution >= 0.6 is 11.3 Å². The molecule has 0 spiro atoms. The van der Waals surface area contributed by atoms with Crippen LogP contribution in [-0.4, -0.2) is 11.9 Å². The van der Waals surface area contributed by atoms with E-state index < -0.39 is 0 Å². The quantitative estimate of drug-likeness (QED) is 0.566. The molecule has 1 amide bonds. The van der Waals surface area contributed by atoms with E-state index in [1.807, 2.05) is 26.8 Å². The molecule has 0 aliphatic rings. The topological polar surface area (TPSA) is 41.1 Å². The molecule has 2 atom stereocenters. The van der Waals surface area contributed by atoms with Crippen LogP contribution in [0.4, 0.5) is 5.69 Å². The maximum absolute atomic E-state index is 12.9. The lowest BCUT2D eigenvalue weighted by atomic mass is 10.0. The van der Waals surface area contributed by atoms with Gasteiger partial charge in [-0.3, -0.25) is 10.1 Å². The van der Waals surface area contributed by atoms with Gasteiger partial charge in [0.1, 0.15) is 0 Å². The first-order chi connectivity index (χ1) is 13.3. The lowest BCUT2D eigenvalue weighted by Crippen LogP contribution is -2.40. The van der Waals surface area contributed by atoms with Crippen molar-refractivity contribution in [3.05, 3.63) is 86.6 Å². The highest BCUT2D eigenvalue weighted by Crippen LogP contribution is 2.27. The summed E-state index contributed by atoms with van der Waals surface area (Å²) in [4.78, 5) is 14.1. The molecule has 0 radical (unpaired) electrons. The molecule has 0 saturated carbocycles. The van der Waals surface area contributed by atoms with E-state index in [0.29, 0.717) is 0 Å². The van der Waals surface area contributed by atoms with Crippen molar-refractivity contribution in [2.24, 2.45) is 0 Å². The largest absolute Gasteiger partial charge is 0.324 e. The van der Waals surface area contributed by atoms with Gasteiger partial charge >= 0.3 is 0 Å². The fourth-order valence-electron chi connectivity index (χ4n) is 3.49. The van der Waals surface area contributed by atoms with Crippen LogP contribution in [0.25, 0.3) is 0 Å². The summed E-state index contributed by atoms with van der Waals surface area (Å²) in [5.41, 5.74) is 6.68. The van der Waals surface area contributed by atoms with Crippen molar-refractivity contribution < 1.29 is 4.79 Å². The summed E-state index contributed by atoms with van der Waals surface area (Å²) in [6.07, 6.45) is 0. The van der Waals surface area contributed by atoms with E-state index in [4.69, 9.17) is 0 Å². The Bertz CT molecular complexity index is 922. The zero-order chi connectivity index (χ0) is 20.3. The Morgan fingerprint density at radius 1 is 0.929 bits per heavy atom. The number of anilines is 1. The van der Waals surface area contributed by atoms with Gasteiger partial charge in [0.15, 0.2) is 0 Å². The smallest absolute Gasteiger partial charge is 0.241 e. The molecule has 0 aliphatic carbocycles. The second-order valence-corrected chi connectivity index (χ2v) is 8.49. The van der Waals surface area contributed by atoms with Crippen molar-refractivity contribution in [2.75, 3.05) is 5.32 Å². The average Bonchev–Trinajstić information content (AvgIpc) is 3.17. The Hall–Kier alpha value is -2.43. The van der Waals surface area contributed by atoms with Crippen molar-refractivity contribution in [1.29, 1.82) is 0 Å². The first-order valence-corrected chi connectivity index (χ1v) is 10.5. The second kappa shape index (κ2) is 8.72. The number of amides is 1. The Kier molecular flexibility index (Phi) is 6.32. The van der Waals surface area contributed by atoms with E-state index in [0.717, 1.165) is 22.4 Å². The molecule has 3 nitrogen and oxygen atoms in total. The molecule has 2 N–H and O–H groups in total. The Labute approximate surface area is 171 Å². The molecule has 2 aromatic carbocycles. The first kappa shape index (κ1) is 20.3. The predicted octanol–water partition coefficient (Wildman–Crippen LogP) is 5.69. The van der Waals surface area contributed by atoms with Crippen LogP contribution in [0.5, 0.6) is 0 Å². The molecule has 3 aromatic rings. The highest BCUT2D eigenvalue weighted by molar-refractivity contribution is 7.10. The molecule has 4 heteroatoms. The van der Waals surface area contributed by atoms with Crippen molar-refractivity contribution in [3.63, 3.8) is 0 Å². The first-order valence-electron chi connectivity index (χ1n) is 9.60. The maximum Gasteiger partial charge on any atom is 0.241 e. The summed E-state index contributed by atoms with van der Waals surface area (Å²) >= 11 is 1.70. The maximum atomic E-state index is 12.9. The number of thiophene rings is 1. The van der Waals surface area contributed by atoms with Crippen LogP contribution < -0.4 is 10.6 Å². The Morgan fingerprint density at radius 3 is 2.14 bits per heavy atom. The third-order valence-electron chi connectivity index (χ3n) is 4.97.